The minimum atomic E-state index is -0.518. The van der Waals surface area contributed by atoms with Gasteiger partial charge >= 0.3 is 0 Å². The van der Waals surface area contributed by atoms with Crippen LogP contribution in [0.2, 0.25) is 5.02 Å². The molecule has 2 amide bonds. The number of nitrogens with zero attached hydrogens (tertiary/aromatic N) is 1. The Morgan fingerprint density at radius 1 is 1.10 bits per heavy atom. The van der Waals surface area contributed by atoms with Crippen LogP contribution in [0.5, 0.6) is 0 Å². The molecule has 0 aromatic heterocycles. The maximum atomic E-state index is 13.4. The average molecular weight is 441 g/mol. The summed E-state index contributed by atoms with van der Waals surface area (Å²) in [6, 6.07) is 15.2. The fourth-order valence-corrected chi connectivity index (χ4v) is 4.57. The molecule has 0 unspecified atom stereocenters. The lowest BCUT2D eigenvalue weighted by Crippen LogP contribution is -2.52. The van der Waals surface area contributed by atoms with Crippen molar-refractivity contribution >= 4 is 23.4 Å². The zero-order chi connectivity index (χ0) is 22.2. The van der Waals surface area contributed by atoms with Crippen LogP contribution in [0.3, 0.4) is 0 Å². The van der Waals surface area contributed by atoms with Gasteiger partial charge in [0.05, 0.1) is 6.42 Å². The second-order valence-electron chi connectivity index (χ2n) is 8.55. The number of nitrogens with one attached hydrogen (secondary N) is 1. The number of carbonyl (C=O) groups is 2. The number of amides is 2. The van der Waals surface area contributed by atoms with Gasteiger partial charge in [0.15, 0.2) is 0 Å². The lowest BCUT2D eigenvalue weighted by Gasteiger charge is -2.33. The number of aryl methyl sites for hydroxylation is 1. The van der Waals surface area contributed by atoms with Gasteiger partial charge in [0.2, 0.25) is 11.8 Å². The summed E-state index contributed by atoms with van der Waals surface area (Å²) in [5.41, 5.74) is 2.92. The topological polar surface area (TPSA) is 49.4 Å². The van der Waals surface area contributed by atoms with Crippen molar-refractivity contribution in [2.45, 2.75) is 77.4 Å². The number of carbonyl (C=O) groups excluding carboxylic acids is 2. The van der Waals surface area contributed by atoms with Gasteiger partial charge in [0.1, 0.15) is 6.04 Å². The van der Waals surface area contributed by atoms with Gasteiger partial charge in [-0.25, -0.2) is 0 Å². The lowest BCUT2D eigenvalue weighted by molar-refractivity contribution is -0.141. The van der Waals surface area contributed by atoms with Gasteiger partial charge < -0.3 is 10.2 Å². The van der Waals surface area contributed by atoms with E-state index in [-0.39, 0.29) is 24.3 Å². The highest BCUT2D eigenvalue weighted by Crippen LogP contribution is 2.22. The first kappa shape index (κ1) is 23.3. The molecule has 0 heterocycles. The third-order valence-electron chi connectivity index (χ3n) is 6.07. The smallest absolute Gasteiger partial charge is 0.243 e. The fraction of sp³-hybridized carbons (Fsp3) is 0.462. The highest BCUT2D eigenvalue weighted by Gasteiger charge is 2.30. The Morgan fingerprint density at radius 3 is 2.52 bits per heavy atom. The first-order chi connectivity index (χ1) is 15.0. The molecule has 31 heavy (non-hydrogen) atoms. The third-order valence-corrected chi connectivity index (χ3v) is 6.44. The maximum Gasteiger partial charge on any atom is 0.243 e. The van der Waals surface area contributed by atoms with E-state index in [9.17, 15) is 9.59 Å². The molecule has 0 radical (unpaired) electrons. The minimum absolute atomic E-state index is 0.0564. The third kappa shape index (κ3) is 6.57. The largest absolute Gasteiger partial charge is 0.352 e. The zero-order valence-electron chi connectivity index (χ0n) is 18.6. The first-order valence-electron chi connectivity index (χ1n) is 11.4. The van der Waals surface area contributed by atoms with Gasteiger partial charge in [-0.1, -0.05) is 85.8 Å². The standard InChI is InChI=1S/C26H33ClN2O2/c1-3-24(26(31)28-22-13-5-4-6-14-22)29(18-21-12-7-8-15-23(21)27)25(30)17-20-11-9-10-19(2)16-20/h7-12,15-16,22,24H,3-6,13-14,17-18H2,1-2H3,(H,28,31)/t24-/m1/s1. The molecule has 1 fully saturated rings. The summed E-state index contributed by atoms with van der Waals surface area (Å²) >= 11 is 6.40. The molecule has 5 heteroatoms. The van der Waals surface area contributed by atoms with Gasteiger partial charge in [-0.3, -0.25) is 9.59 Å². The monoisotopic (exact) mass is 440 g/mol. The Bertz CT molecular complexity index is 892. The molecule has 3 rings (SSSR count). The normalized spacial score (nSPS) is 15.3. The van der Waals surface area contributed by atoms with Crippen LogP contribution in [-0.2, 0) is 22.6 Å². The summed E-state index contributed by atoms with van der Waals surface area (Å²) in [5.74, 6) is -0.116. The summed E-state index contributed by atoms with van der Waals surface area (Å²) in [7, 11) is 0. The van der Waals surface area contributed by atoms with Crippen LogP contribution < -0.4 is 5.32 Å². The predicted molar refractivity (Wildman–Crippen MR) is 126 cm³/mol. The van der Waals surface area contributed by atoms with Gasteiger partial charge in [-0.2, -0.15) is 0 Å². The molecular formula is C26H33ClN2O2. The molecule has 1 atom stereocenters. The molecule has 0 spiro atoms. The van der Waals surface area contributed by atoms with Crippen LogP contribution in [0.25, 0.3) is 0 Å². The van der Waals surface area contributed by atoms with Crippen LogP contribution in [0.1, 0.15) is 62.1 Å². The van der Waals surface area contributed by atoms with Gasteiger partial charge in [-0.05, 0) is 43.4 Å². The van der Waals surface area contributed by atoms with Crippen molar-refractivity contribution in [2.75, 3.05) is 0 Å². The Hall–Kier alpha value is -2.33. The summed E-state index contributed by atoms with van der Waals surface area (Å²) < 4.78 is 0. The molecule has 1 saturated carbocycles. The average Bonchev–Trinajstić information content (AvgIpc) is 2.75. The number of halogens is 1. The molecule has 2 aromatic rings. The Balaban J connectivity index is 1.82. The Morgan fingerprint density at radius 2 is 1.84 bits per heavy atom. The molecule has 4 nitrogen and oxygen atoms in total. The van der Waals surface area contributed by atoms with Crippen molar-refractivity contribution in [2.24, 2.45) is 0 Å². The molecular weight excluding hydrogens is 408 g/mol. The number of rotatable bonds is 8. The fourth-order valence-electron chi connectivity index (χ4n) is 4.37. The molecule has 166 valence electrons. The van der Waals surface area contributed by atoms with Gasteiger partial charge in [0, 0.05) is 17.6 Å². The van der Waals surface area contributed by atoms with Crippen LogP contribution in [0.4, 0.5) is 0 Å². The van der Waals surface area contributed by atoms with Crippen LogP contribution in [-0.4, -0.2) is 28.8 Å². The molecule has 1 aliphatic rings. The first-order valence-corrected chi connectivity index (χ1v) is 11.7. The SMILES string of the molecule is CC[C@H](C(=O)NC1CCCCC1)N(Cc1ccccc1Cl)C(=O)Cc1cccc(C)c1. The number of benzene rings is 2. The van der Waals surface area contributed by atoms with E-state index in [2.05, 4.69) is 5.32 Å². The Kier molecular flexibility index (Phi) is 8.53. The van der Waals surface area contributed by atoms with Gasteiger partial charge in [0.25, 0.3) is 0 Å². The van der Waals surface area contributed by atoms with Crippen molar-refractivity contribution in [1.29, 1.82) is 0 Å². The zero-order valence-corrected chi connectivity index (χ0v) is 19.3. The van der Waals surface area contributed by atoms with E-state index in [0.717, 1.165) is 42.4 Å². The molecule has 1 N–H and O–H groups in total. The number of hydrogen-bond acceptors (Lipinski definition) is 2. The maximum absolute atomic E-state index is 13.4. The second-order valence-corrected chi connectivity index (χ2v) is 8.95. The van der Waals surface area contributed by atoms with Crippen molar-refractivity contribution in [3.8, 4) is 0 Å². The Labute approximate surface area is 191 Å². The predicted octanol–water partition coefficient (Wildman–Crippen LogP) is 5.45. The van der Waals surface area contributed by atoms with E-state index in [0.29, 0.717) is 18.0 Å². The molecule has 0 aliphatic heterocycles. The minimum Gasteiger partial charge on any atom is -0.352 e. The summed E-state index contributed by atoms with van der Waals surface area (Å²) in [6.07, 6.45) is 6.39. The van der Waals surface area contributed by atoms with E-state index in [4.69, 9.17) is 11.6 Å². The van der Waals surface area contributed by atoms with Crippen molar-refractivity contribution < 1.29 is 9.59 Å². The van der Waals surface area contributed by atoms with E-state index < -0.39 is 6.04 Å². The lowest BCUT2D eigenvalue weighted by atomic mass is 9.95. The van der Waals surface area contributed by atoms with E-state index in [1.54, 1.807) is 4.90 Å². The van der Waals surface area contributed by atoms with Crippen LogP contribution >= 0.6 is 11.6 Å². The van der Waals surface area contributed by atoms with Crippen molar-refractivity contribution in [1.82, 2.24) is 10.2 Å². The number of hydrogen-bond donors (Lipinski definition) is 1. The second kappa shape index (κ2) is 11.3. The summed E-state index contributed by atoms with van der Waals surface area (Å²) in [4.78, 5) is 28.4. The molecule has 0 bridgehead atoms. The van der Waals surface area contributed by atoms with Crippen LogP contribution in [0, 0.1) is 6.92 Å². The summed E-state index contributed by atoms with van der Waals surface area (Å²) in [5, 5.41) is 3.82. The van der Waals surface area contributed by atoms with Gasteiger partial charge in [-0.15, -0.1) is 0 Å². The van der Waals surface area contributed by atoms with Crippen LogP contribution in [0.15, 0.2) is 48.5 Å². The van der Waals surface area contributed by atoms with E-state index >= 15 is 0 Å². The summed E-state index contributed by atoms with van der Waals surface area (Å²) in [6.45, 7) is 4.30. The van der Waals surface area contributed by atoms with E-state index in [1.165, 1.54) is 6.42 Å². The highest BCUT2D eigenvalue weighted by molar-refractivity contribution is 6.31. The van der Waals surface area contributed by atoms with E-state index in [1.807, 2.05) is 62.4 Å². The van der Waals surface area contributed by atoms with Crippen molar-refractivity contribution in [3.05, 3.63) is 70.2 Å². The molecule has 0 saturated heterocycles. The quantitative estimate of drug-likeness (QED) is 0.593. The van der Waals surface area contributed by atoms with Crippen molar-refractivity contribution in [3.63, 3.8) is 0 Å². The molecule has 2 aromatic carbocycles. The highest BCUT2D eigenvalue weighted by atomic mass is 35.5. The molecule has 1 aliphatic carbocycles.